The van der Waals surface area contributed by atoms with Crippen molar-refractivity contribution >= 4 is 11.8 Å². The van der Waals surface area contributed by atoms with E-state index in [1.807, 2.05) is 4.90 Å². The van der Waals surface area contributed by atoms with Gasteiger partial charge < -0.3 is 10.0 Å². The zero-order chi connectivity index (χ0) is 13.4. The predicted octanol–water partition coefficient (Wildman–Crippen LogP) is 2.55. The maximum Gasteiger partial charge on any atom is 0.337 e. The average molecular weight is 264 g/mol. The normalized spacial score (nSPS) is 26.3. The minimum Gasteiger partial charge on any atom is -0.478 e. The topological polar surface area (TPSA) is 53.4 Å². The van der Waals surface area contributed by atoms with Crippen LogP contribution in [-0.2, 0) is 0 Å². The van der Waals surface area contributed by atoms with Crippen LogP contribution >= 0.6 is 0 Å². The van der Waals surface area contributed by atoms with E-state index in [1.165, 1.54) is 31.9 Å². The van der Waals surface area contributed by atoms with Crippen LogP contribution in [0.2, 0.25) is 0 Å². The summed E-state index contributed by atoms with van der Waals surface area (Å²) in [5.74, 6) is -0.0748. The van der Waals surface area contributed by atoms with Crippen LogP contribution in [0.15, 0.2) is 12.3 Å². The summed E-state index contributed by atoms with van der Waals surface area (Å²) in [7, 11) is 0. The summed E-state index contributed by atoms with van der Waals surface area (Å²) in [5, 5.41) is 8.81. The van der Waals surface area contributed by atoms with Crippen molar-refractivity contribution in [2.75, 3.05) is 18.0 Å². The van der Waals surface area contributed by atoms with E-state index in [4.69, 9.17) is 5.11 Å². The Balaban J connectivity index is 1.81. The Morgan fingerprint density at radius 3 is 2.47 bits per heavy atom. The van der Waals surface area contributed by atoms with Crippen molar-refractivity contribution < 1.29 is 14.3 Å². The largest absolute Gasteiger partial charge is 0.478 e. The lowest BCUT2D eigenvalue weighted by molar-refractivity contribution is 0.0696. The van der Waals surface area contributed by atoms with Crippen LogP contribution in [0.5, 0.6) is 0 Å². The molecule has 2 atom stereocenters. The zero-order valence-corrected chi connectivity index (χ0v) is 10.7. The monoisotopic (exact) mass is 264 g/mol. The minimum absolute atomic E-state index is 0.0992. The highest BCUT2D eigenvalue weighted by Crippen LogP contribution is 2.38. The minimum atomic E-state index is -1.15. The Morgan fingerprint density at radius 2 is 1.95 bits per heavy atom. The fourth-order valence-electron chi connectivity index (χ4n) is 3.36. The molecule has 1 aliphatic carbocycles. The molecule has 1 saturated carbocycles. The third-order valence-electron chi connectivity index (χ3n) is 4.34. The smallest absolute Gasteiger partial charge is 0.337 e. The van der Waals surface area contributed by atoms with Crippen molar-refractivity contribution in [1.82, 2.24) is 4.98 Å². The van der Waals surface area contributed by atoms with Gasteiger partial charge in [0.2, 0.25) is 0 Å². The molecule has 1 aromatic heterocycles. The molecule has 0 aromatic carbocycles. The molecule has 0 radical (unpaired) electrons. The van der Waals surface area contributed by atoms with Crippen LogP contribution in [0.1, 0.15) is 36.0 Å². The average Bonchev–Trinajstić information content (AvgIpc) is 2.81. The van der Waals surface area contributed by atoms with Crippen molar-refractivity contribution in [3.05, 3.63) is 23.6 Å². The highest BCUT2D eigenvalue weighted by atomic mass is 19.1. The van der Waals surface area contributed by atoms with Crippen molar-refractivity contribution in [2.24, 2.45) is 11.8 Å². The molecule has 2 aliphatic rings. The highest BCUT2D eigenvalue weighted by Gasteiger charge is 2.35. The third-order valence-corrected chi connectivity index (χ3v) is 4.34. The van der Waals surface area contributed by atoms with E-state index in [0.717, 1.165) is 19.2 Å². The zero-order valence-electron chi connectivity index (χ0n) is 10.7. The van der Waals surface area contributed by atoms with Gasteiger partial charge in [-0.05, 0) is 30.7 Å². The molecule has 1 aromatic rings. The number of halogens is 1. The van der Waals surface area contributed by atoms with Gasteiger partial charge in [-0.3, -0.25) is 0 Å². The molecule has 5 heteroatoms. The van der Waals surface area contributed by atoms with E-state index in [1.54, 1.807) is 0 Å². The summed E-state index contributed by atoms with van der Waals surface area (Å²) >= 11 is 0. The molecule has 4 nitrogen and oxygen atoms in total. The first-order chi connectivity index (χ1) is 9.15. The number of rotatable bonds is 2. The van der Waals surface area contributed by atoms with E-state index < -0.39 is 11.8 Å². The second kappa shape index (κ2) is 4.79. The molecule has 19 heavy (non-hydrogen) atoms. The van der Waals surface area contributed by atoms with Gasteiger partial charge in [0.1, 0.15) is 0 Å². The van der Waals surface area contributed by atoms with Gasteiger partial charge >= 0.3 is 5.97 Å². The number of pyridine rings is 1. The lowest BCUT2D eigenvalue weighted by Gasteiger charge is -2.22. The third kappa shape index (κ3) is 2.29. The van der Waals surface area contributed by atoms with Gasteiger partial charge in [0.15, 0.2) is 11.6 Å². The van der Waals surface area contributed by atoms with Gasteiger partial charge in [0.25, 0.3) is 0 Å². The maximum atomic E-state index is 14.0. The predicted molar refractivity (Wildman–Crippen MR) is 68.8 cm³/mol. The van der Waals surface area contributed by atoms with Crippen molar-refractivity contribution in [1.29, 1.82) is 0 Å². The quantitative estimate of drug-likeness (QED) is 0.892. The molecule has 2 fully saturated rings. The molecule has 1 N–H and O–H groups in total. The van der Waals surface area contributed by atoms with Crippen molar-refractivity contribution in [2.45, 2.75) is 25.7 Å². The number of carboxylic acids is 1. The Labute approximate surface area is 111 Å². The lowest BCUT2D eigenvalue weighted by atomic mass is 9.82. The van der Waals surface area contributed by atoms with Crippen LogP contribution < -0.4 is 4.90 Å². The van der Waals surface area contributed by atoms with Crippen LogP contribution in [0.4, 0.5) is 10.2 Å². The molecule has 0 amide bonds. The number of nitrogens with zero attached hydrogens (tertiary/aromatic N) is 2. The Bertz CT molecular complexity index is 492. The van der Waals surface area contributed by atoms with Crippen molar-refractivity contribution in [3.8, 4) is 0 Å². The molecular weight excluding hydrogens is 247 g/mol. The van der Waals surface area contributed by atoms with E-state index in [2.05, 4.69) is 4.98 Å². The Hall–Kier alpha value is -1.65. The molecule has 1 saturated heterocycles. The van der Waals surface area contributed by atoms with E-state index >= 15 is 0 Å². The molecule has 0 spiro atoms. The summed E-state index contributed by atoms with van der Waals surface area (Å²) in [4.78, 5) is 16.8. The molecule has 0 unspecified atom stereocenters. The standard InChI is InChI=1S/C14H17FN2O2/c15-12-5-11(14(18)19)6-16-13(12)17-7-9-3-1-2-4-10(9)8-17/h5-6,9-10H,1-4,7-8H2,(H,18,19)/t9-,10+. The summed E-state index contributed by atoms with van der Waals surface area (Å²) < 4.78 is 14.0. The van der Waals surface area contributed by atoms with Crippen LogP contribution in [0.3, 0.4) is 0 Å². The Kier molecular flexibility index (Phi) is 3.12. The first-order valence-corrected chi connectivity index (χ1v) is 6.79. The van der Waals surface area contributed by atoms with Crippen molar-refractivity contribution in [3.63, 3.8) is 0 Å². The van der Waals surface area contributed by atoms with Crippen LogP contribution in [0, 0.1) is 17.7 Å². The van der Waals surface area contributed by atoms with E-state index in [-0.39, 0.29) is 5.56 Å². The Morgan fingerprint density at radius 1 is 1.32 bits per heavy atom. The SMILES string of the molecule is O=C(O)c1cnc(N2C[C@H]3CCCC[C@H]3C2)c(F)c1. The van der Waals surface area contributed by atoms with Crippen LogP contribution in [-0.4, -0.2) is 29.1 Å². The second-order valence-corrected chi connectivity index (χ2v) is 5.54. The molecule has 1 aliphatic heterocycles. The number of hydrogen-bond acceptors (Lipinski definition) is 3. The number of hydrogen-bond donors (Lipinski definition) is 1. The molecular formula is C14H17FN2O2. The maximum absolute atomic E-state index is 14.0. The van der Waals surface area contributed by atoms with Gasteiger partial charge in [0, 0.05) is 19.3 Å². The number of fused-ring (bicyclic) bond motifs is 1. The first kappa shape index (κ1) is 12.4. The number of carboxylic acid groups (broad SMARTS) is 1. The fraction of sp³-hybridized carbons (Fsp3) is 0.571. The van der Waals surface area contributed by atoms with Gasteiger partial charge in [-0.15, -0.1) is 0 Å². The van der Waals surface area contributed by atoms with E-state index in [9.17, 15) is 9.18 Å². The lowest BCUT2D eigenvalue weighted by Crippen LogP contribution is -2.22. The highest BCUT2D eigenvalue weighted by molar-refractivity contribution is 5.87. The number of carbonyl (C=O) groups is 1. The van der Waals surface area contributed by atoms with Gasteiger partial charge in [-0.1, -0.05) is 12.8 Å². The van der Waals surface area contributed by atoms with Gasteiger partial charge in [0.05, 0.1) is 5.56 Å². The number of aromatic carboxylic acids is 1. The molecule has 102 valence electrons. The first-order valence-electron chi connectivity index (χ1n) is 6.79. The fourth-order valence-corrected chi connectivity index (χ4v) is 3.36. The van der Waals surface area contributed by atoms with Crippen LogP contribution in [0.25, 0.3) is 0 Å². The number of aromatic nitrogens is 1. The van der Waals surface area contributed by atoms with E-state index in [0.29, 0.717) is 17.7 Å². The molecule has 3 rings (SSSR count). The summed E-state index contributed by atoms with van der Waals surface area (Å²) in [6, 6.07) is 1.06. The number of anilines is 1. The van der Waals surface area contributed by atoms with Gasteiger partial charge in [-0.25, -0.2) is 14.2 Å². The summed E-state index contributed by atoms with van der Waals surface area (Å²) in [6.45, 7) is 1.70. The molecule has 2 heterocycles. The second-order valence-electron chi connectivity index (χ2n) is 5.54. The van der Waals surface area contributed by atoms with Gasteiger partial charge in [-0.2, -0.15) is 0 Å². The summed E-state index contributed by atoms with van der Waals surface area (Å²) in [6.07, 6.45) is 6.21. The summed E-state index contributed by atoms with van der Waals surface area (Å²) in [5.41, 5.74) is -0.0992. The molecule has 0 bridgehead atoms.